The fourth-order valence-corrected chi connectivity index (χ4v) is 2.89. The summed E-state index contributed by atoms with van der Waals surface area (Å²) in [6, 6.07) is 3.51. The first-order valence-electron chi connectivity index (χ1n) is 7.44. The highest BCUT2D eigenvalue weighted by atomic mass is 35.5. The van der Waals surface area contributed by atoms with Crippen molar-refractivity contribution in [2.24, 2.45) is 11.7 Å². The van der Waals surface area contributed by atoms with E-state index in [0.717, 1.165) is 19.3 Å². The third-order valence-corrected chi connectivity index (χ3v) is 4.15. The Morgan fingerprint density at radius 3 is 2.26 bits per heavy atom. The number of carbonyl (C=O) groups is 1. The van der Waals surface area contributed by atoms with Gasteiger partial charge in [-0.3, -0.25) is 4.79 Å². The van der Waals surface area contributed by atoms with Crippen molar-refractivity contribution < 1.29 is 19.0 Å². The van der Waals surface area contributed by atoms with Gasteiger partial charge in [-0.05, 0) is 18.8 Å². The number of nitrogens with two attached hydrogens (primary N) is 1. The average Bonchev–Trinajstić information content (AvgIpc) is 2.91. The topological polar surface area (TPSA) is 82.8 Å². The lowest BCUT2D eigenvalue weighted by molar-refractivity contribution is -0.117. The summed E-state index contributed by atoms with van der Waals surface area (Å²) in [5.41, 5.74) is 6.59. The second-order valence-corrected chi connectivity index (χ2v) is 5.51. The number of anilines is 1. The molecule has 0 spiro atoms. The van der Waals surface area contributed by atoms with Crippen molar-refractivity contribution >= 4 is 24.0 Å². The van der Waals surface area contributed by atoms with Gasteiger partial charge in [-0.25, -0.2) is 0 Å². The van der Waals surface area contributed by atoms with Gasteiger partial charge in [0.2, 0.25) is 5.91 Å². The van der Waals surface area contributed by atoms with E-state index in [0.29, 0.717) is 29.4 Å². The van der Waals surface area contributed by atoms with Crippen LogP contribution in [-0.2, 0) is 4.79 Å². The van der Waals surface area contributed by atoms with Crippen molar-refractivity contribution in [1.29, 1.82) is 0 Å². The quantitative estimate of drug-likeness (QED) is 0.828. The number of benzene rings is 1. The van der Waals surface area contributed by atoms with Gasteiger partial charge in [0, 0.05) is 24.6 Å². The molecule has 2 rings (SSSR count). The molecule has 0 aliphatic heterocycles. The first-order chi connectivity index (χ1) is 10.6. The highest BCUT2D eigenvalue weighted by Gasteiger charge is 2.26. The van der Waals surface area contributed by atoms with E-state index in [1.807, 2.05) is 0 Å². The summed E-state index contributed by atoms with van der Waals surface area (Å²) in [4.78, 5) is 12.2. The lowest BCUT2D eigenvalue weighted by Crippen LogP contribution is -2.28. The van der Waals surface area contributed by atoms with Crippen LogP contribution in [0.5, 0.6) is 17.2 Å². The van der Waals surface area contributed by atoms with Crippen molar-refractivity contribution in [2.75, 3.05) is 26.6 Å². The molecule has 0 bridgehead atoms. The highest BCUT2D eigenvalue weighted by molar-refractivity contribution is 5.93. The van der Waals surface area contributed by atoms with Crippen LogP contribution in [0.25, 0.3) is 0 Å². The molecular weight excluding hydrogens is 320 g/mol. The largest absolute Gasteiger partial charge is 0.494 e. The Kier molecular flexibility index (Phi) is 7.45. The molecule has 2 atom stereocenters. The van der Waals surface area contributed by atoms with E-state index >= 15 is 0 Å². The van der Waals surface area contributed by atoms with Crippen molar-refractivity contribution in [3.63, 3.8) is 0 Å². The molecule has 130 valence electrons. The number of amides is 1. The van der Waals surface area contributed by atoms with Gasteiger partial charge in [0.05, 0.1) is 27.0 Å². The molecule has 1 amide bonds. The summed E-state index contributed by atoms with van der Waals surface area (Å²) in [5.74, 6) is 1.81. The van der Waals surface area contributed by atoms with Gasteiger partial charge in [0.15, 0.2) is 11.5 Å². The predicted molar refractivity (Wildman–Crippen MR) is 91.9 cm³/mol. The van der Waals surface area contributed by atoms with Gasteiger partial charge in [0.25, 0.3) is 0 Å². The molecular formula is C16H25ClN2O4. The van der Waals surface area contributed by atoms with E-state index < -0.39 is 0 Å². The third-order valence-electron chi connectivity index (χ3n) is 4.15. The smallest absolute Gasteiger partial charge is 0.224 e. The second kappa shape index (κ2) is 8.84. The van der Waals surface area contributed by atoms with Crippen molar-refractivity contribution in [3.05, 3.63) is 12.1 Å². The Labute approximate surface area is 143 Å². The van der Waals surface area contributed by atoms with Gasteiger partial charge in [-0.2, -0.15) is 0 Å². The molecule has 1 aromatic carbocycles. The van der Waals surface area contributed by atoms with Crippen LogP contribution in [0.3, 0.4) is 0 Å². The molecule has 1 aliphatic rings. The standard InChI is InChI=1S/C16H24N2O4.ClH/c1-20-13-9-15(22-3)14(21-2)8-12(13)18-16(19)7-10-5-4-6-11(10)17;/h8-11H,4-7,17H2,1-3H3,(H,18,19);1H/t10-,11+;/m0./s1. The molecule has 23 heavy (non-hydrogen) atoms. The maximum Gasteiger partial charge on any atom is 0.224 e. The van der Waals surface area contributed by atoms with Crippen molar-refractivity contribution in [2.45, 2.75) is 31.7 Å². The zero-order chi connectivity index (χ0) is 16.1. The van der Waals surface area contributed by atoms with Crippen molar-refractivity contribution in [1.82, 2.24) is 0 Å². The lowest BCUT2D eigenvalue weighted by atomic mass is 10.00. The molecule has 1 aliphatic carbocycles. The maximum absolute atomic E-state index is 12.2. The molecule has 0 aromatic heterocycles. The monoisotopic (exact) mass is 344 g/mol. The second-order valence-electron chi connectivity index (χ2n) is 5.51. The Hall–Kier alpha value is -1.66. The van der Waals surface area contributed by atoms with E-state index in [1.165, 1.54) is 0 Å². The minimum absolute atomic E-state index is 0. The van der Waals surface area contributed by atoms with Crippen LogP contribution < -0.4 is 25.3 Å². The van der Waals surface area contributed by atoms with Crippen LogP contribution in [0.1, 0.15) is 25.7 Å². The molecule has 0 saturated heterocycles. The van der Waals surface area contributed by atoms with Crippen LogP contribution in [-0.4, -0.2) is 33.3 Å². The molecule has 1 saturated carbocycles. The summed E-state index contributed by atoms with van der Waals surface area (Å²) in [7, 11) is 4.65. The minimum Gasteiger partial charge on any atom is -0.494 e. The lowest BCUT2D eigenvalue weighted by Gasteiger charge is -2.17. The number of methoxy groups -OCH3 is 3. The molecule has 0 heterocycles. The van der Waals surface area contributed by atoms with Gasteiger partial charge in [0.1, 0.15) is 5.75 Å². The Morgan fingerprint density at radius 2 is 1.74 bits per heavy atom. The number of rotatable bonds is 6. The minimum atomic E-state index is -0.0622. The third kappa shape index (κ3) is 4.65. The molecule has 7 heteroatoms. The average molecular weight is 345 g/mol. The van der Waals surface area contributed by atoms with Crippen LogP contribution in [0.15, 0.2) is 12.1 Å². The summed E-state index contributed by atoms with van der Waals surface area (Å²) < 4.78 is 15.8. The number of nitrogens with one attached hydrogen (secondary N) is 1. The van der Waals surface area contributed by atoms with Crippen LogP contribution in [0.2, 0.25) is 0 Å². The molecule has 6 nitrogen and oxygen atoms in total. The van der Waals surface area contributed by atoms with E-state index in [2.05, 4.69) is 5.32 Å². The molecule has 0 radical (unpaired) electrons. The first-order valence-corrected chi connectivity index (χ1v) is 7.44. The van der Waals surface area contributed by atoms with E-state index in [1.54, 1.807) is 33.5 Å². The number of hydrogen-bond donors (Lipinski definition) is 2. The summed E-state index contributed by atoms with van der Waals surface area (Å²) in [6.45, 7) is 0. The maximum atomic E-state index is 12.2. The Balaban J connectivity index is 0.00000264. The van der Waals surface area contributed by atoms with Gasteiger partial charge >= 0.3 is 0 Å². The first kappa shape index (κ1) is 19.4. The Morgan fingerprint density at radius 1 is 1.13 bits per heavy atom. The number of carbonyl (C=O) groups excluding carboxylic acids is 1. The summed E-state index contributed by atoms with van der Waals surface area (Å²) in [6.07, 6.45) is 3.53. The van der Waals surface area contributed by atoms with E-state index in [-0.39, 0.29) is 30.3 Å². The SMILES string of the molecule is COc1cc(OC)c(OC)cc1NC(=O)C[C@@H]1CCC[C@H]1N.Cl. The fourth-order valence-electron chi connectivity index (χ4n) is 2.89. The van der Waals surface area contributed by atoms with E-state index in [4.69, 9.17) is 19.9 Å². The van der Waals surface area contributed by atoms with Gasteiger partial charge < -0.3 is 25.3 Å². The number of ether oxygens (including phenoxy) is 3. The summed E-state index contributed by atoms with van der Waals surface area (Å²) >= 11 is 0. The number of hydrogen-bond acceptors (Lipinski definition) is 5. The van der Waals surface area contributed by atoms with Crippen molar-refractivity contribution in [3.8, 4) is 17.2 Å². The molecule has 1 aromatic rings. The molecule has 1 fully saturated rings. The van der Waals surface area contributed by atoms with E-state index in [9.17, 15) is 4.79 Å². The molecule has 3 N–H and O–H groups in total. The van der Waals surface area contributed by atoms with Crippen LogP contribution in [0, 0.1) is 5.92 Å². The van der Waals surface area contributed by atoms with Crippen LogP contribution in [0.4, 0.5) is 5.69 Å². The molecule has 0 unspecified atom stereocenters. The highest BCUT2D eigenvalue weighted by Crippen LogP contribution is 2.38. The zero-order valence-corrected chi connectivity index (χ0v) is 14.6. The van der Waals surface area contributed by atoms with Gasteiger partial charge in [-0.1, -0.05) is 6.42 Å². The summed E-state index contributed by atoms with van der Waals surface area (Å²) in [5, 5.41) is 2.88. The zero-order valence-electron chi connectivity index (χ0n) is 13.8. The Bertz CT molecular complexity index is 539. The normalized spacial score (nSPS) is 19.7. The van der Waals surface area contributed by atoms with Gasteiger partial charge in [-0.15, -0.1) is 12.4 Å². The predicted octanol–water partition coefficient (Wildman–Crippen LogP) is 2.59. The van der Waals surface area contributed by atoms with Crippen LogP contribution >= 0.6 is 12.4 Å². The fraction of sp³-hybridized carbons (Fsp3) is 0.562. The number of halogens is 1.